The van der Waals surface area contributed by atoms with Crippen molar-refractivity contribution in [2.75, 3.05) is 7.11 Å². The number of fused-ring (bicyclic) bond motifs is 1. The monoisotopic (exact) mass is 284 g/mol. The second kappa shape index (κ2) is 5.79. The van der Waals surface area contributed by atoms with E-state index >= 15 is 0 Å². The van der Waals surface area contributed by atoms with Crippen LogP contribution in [-0.4, -0.2) is 23.8 Å². The van der Waals surface area contributed by atoms with Crippen molar-refractivity contribution in [1.82, 2.24) is 0 Å². The van der Waals surface area contributed by atoms with Crippen molar-refractivity contribution >= 4 is 28.1 Å². The molecule has 0 heterocycles. The number of benzene rings is 2. The summed E-state index contributed by atoms with van der Waals surface area (Å²) in [5, 5.41) is 11.7. The molecule has 21 heavy (non-hydrogen) atoms. The van der Waals surface area contributed by atoms with Crippen LogP contribution in [0.25, 0.3) is 16.5 Å². The van der Waals surface area contributed by atoms with Crippen molar-refractivity contribution in [3.63, 3.8) is 0 Å². The summed E-state index contributed by atoms with van der Waals surface area (Å²) < 4.78 is 5.17. The quantitative estimate of drug-likeness (QED) is 0.530. The topological polar surface area (TPSA) is 63.6 Å². The summed E-state index contributed by atoms with van der Waals surface area (Å²) in [7, 11) is 1.57. The minimum atomic E-state index is -0.285. The molecule has 0 radical (unpaired) electrons. The molecule has 0 saturated heterocycles. The van der Waals surface area contributed by atoms with Gasteiger partial charge in [-0.25, -0.2) is 0 Å². The van der Waals surface area contributed by atoms with Crippen LogP contribution in [0, 0.1) is 0 Å². The first-order valence-electron chi connectivity index (χ1n) is 6.47. The van der Waals surface area contributed by atoms with Crippen molar-refractivity contribution in [3.8, 4) is 5.75 Å². The maximum atomic E-state index is 11.8. The highest BCUT2D eigenvalue weighted by Gasteiger charge is 2.15. The van der Waals surface area contributed by atoms with Gasteiger partial charge in [0.25, 0.3) is 0 Å². The summed E-state index contributed by atoms with van der Waals surface area (Å²) in [4.78, 5) is 23.0. The highest BCUT2D eigenvalue weighted by Crippen LogP contribution is 2.30. The summed E-state index contributed by atoms with van der Waals surface area (Å²) in [5.41, 5.74) is 0.750. The molecule has 0 atom stereocenters. The van der Waals surface area contributed by atoms with Gasteiger partial charge in [0.2, 0.25) is 0 Å². The molecule has 0 unspecified atom stereocenters. The second-order valence-electron chi connectivity index (χ2n) is 4.77. The fraction of sp³-hybridized carbons (Fsp3) is 0.176. The van der Waals surface area contributed by atoms with E-state index in [0.29, 0.717) is 22.3 Å². The first-order valence-corrected chi connectivity index (χ1v) is 6.47. The Hall–Kier alpha value is -2.62. The Morgan fingerprint density at radius 2 is 1.86 bits per heavy atom. The highest BCUT2D eigenvalue weighted by molar-refractivity contribution is 6.08. The minimum absolute atomic E-state index is 0.175. The van der Waals surface area contributed by atoms with Crippen LogP contribution in [0.1, 0.15) is 29.8 Å². The van der Waals surface area contributed by atoms with Crippen molar-refractivity contribution < 1.29 is 19.4 Å². The third-order valence-electron chi connectivity index (χ3n) is 3.20. The first-order chi connectivity index (χ1) is 9.93. The Labute approximate surface area is 122 Å². The molecule has 0 saturated carbocycles. The van der Waals surface area contributed by atoms with Crippen LogP contribution in [0.2, 0.25) is 0 Å². The molecule has 0 amide bonds. The van der Waals surface area contributed by atoms with E-state index in [1.54, 1.807) is 31.4 Å². The normalized spacial score (nSPS) is 11.5. The number of aliphatic hydroxyl groups is 1. The van der Waals surface area contributed by atoms with E-state index in [1.807, 2.05) is 6.07 Å². The van der Waals surface area contributed by atoms with E-state index in [0.717, 1.165) is 11.5 Å². The molecule has 0 aliphatic rings. The van der Waals surface area contributed by atoms with Gasteiger partial charge in [-0.2, -0.15) is 0 Å². The smallest absolute Gasteiger partial charge is 0.160 e. The Bertz CT molecular complexity index is 757. The molecular formula is C17H16O4. The molecule has 0 aliphatic carbocycles. The van der Waals surface area contributed by atoms with Crippen molar-refractivity contribution in [3.05, 3.63) is 47.5 Å². The molecule has 2 rings (SSSR count). The third kappa shape index (κ3) is 2.94. The maximum absolute atomic E-state index is 11.8. The second-order valence-corrected chi connectivity index (χ2v) is 4.77. The maximum Gasteiger partial charge on any atom is 0.160 e. The van der Waals surface area contributed by atoms with Crippen molar-refractivity contribution in [1.29, 1.82) is 0 Å². The number of methoxy groups -OCH3 is 1. The number of ether oxygens (including phenoxy) is 1. The number of hydrogen-bond donors (Lipinski definition) is 1. The number of hydrogen-bond acceptors (Lipinski definition) is 4. The summed E-state index contributed by atoms with van der Waals surface area (Å²) in [6.07, 6.45) is 1.12. The first kappa shape index (κ1) is 14.8. The molecule has 108 valence electrons. The molecule has 2 aromatic carbocycles. The molecule has 0 fully saturated rings. The van der Waals surface area contributed by atoms with Crippen LogP contribution >= 0.6 is 0 Å². The number of carbonyl (C=O) groups is 2. The van der Waals surface area contributed by atoms with Gasteiger partial charge in [-0.05, 0) is 42.8 Å². The summed E-state index contributed by atoms with van der Waals surface area (Å²) in [5.74, 6) is 0.0151. The lowest BCUT2D eigenvalue weighted by Gasteiger charge is -2.11. The summed E-state index contributed by atoms with van der Waals surface area (Å²) >= 11 is 0. The number of ketones is 2. The van der Waals surface area contributed by atoms with Gasteiger partial charge in [0.15, 0.2) is 11.6 Å². The van der Waals surface area contributed by atoms with Crippen LogP contribution in [0.5, 0.6) is 5.75 Å². The van der Waals surface area contributed by atoms with Gasteiger partial charge in [0.1, 0.15) is 11.5 Å². The number of rotatable bonds is 4. The van der Waals surface area contributed by atoms with E-state index < -0.39 is 0 Å². The molecule has 1 N–H and O–H groups in total. The van der Waals surface area contributed by atoms with E-state index in [2.05, 4.69) is 0 Å². The van der Waals surface area contributed by atoms with Gasteiger partial charge < -0.3 is 9.84 Å². The predicted molar refractivity (Wildman–Crippen MR) is 81.8 cm³/mol. The van der Waals surface area contributed by atoms with Crippen LogP contribution < -0.4 is 4.74 Å². The molecule has 0 aromatic heterocycles. The molecule has 4 nitrogen and oxygen atoms in total. The van der Waals surface area contributed by atoms with E-state index in [1.165, 1.54) is 13.8 Å². The molecule has 0 aliphatic heterocycles. The van der Waals surface area contributed by atoms with E-state index in [9.17, 15) is 14.7 Å². The van der Waals surface area contributed by atoms with E-state index in [-0.39, 0.29) is 17.3 Å². The van der Waals surface area contributed by atoms with E-state index in [4.69, 9.17) is 4.74 Å². The zero-order valence-electron chi connectivity index (χ0n) is 12.1. The van der Waals surface area contributed by atoms with Gasteiger partial charge >= 0.3 is 0 Å². The number of carbonyl (C=O) groups excluding carboxylic acids is 2. The number of Topliss-reactive ketones (excluding diaryl/α,β-unsaturated/α-hetero) is 1. The van der Waals surface area contributed by atoms with Gasteiger partial charge in [0.05, 0.1) is 7.11 Å². The van der Waals surface area contributed by atoms with Crippen LogP contribution in [0.3, 0.4) is 0 Å². The molecule has 0 spiro atoms. The molecule has 2 aromatic rings. The SMILES string of the molecule is COc1ccc2c(C(O)=CC(C)=O)c(C(C)=O)ccc2c1. The van der Waals surface area contributed by atoms with Crippen molar-refractivity contribution in [2.24, 2.45) is 0 Å². The van der Waals surface area contributed by atoms with Gasteiger partial charge in [0, 0.05) is 17.2 Å². The molecular weight excluding hydrogens is 268 g/mol. The largest absolute Gasteiger partial charge is 0.507 e. The lowest BCUT2D eigenvalue weighted by Crippen LogP contribution is -2.01. The lowest BCUT2D eigenvalue weighted by molar-refractivity contribution is -0.112. The molecule has 0 bridgehead atoms. The zero-order chi connectivity index (χ0) is 15.6. The number of aliphatic hydroxyl groups excluding tert-OH is 1. The van der Waals surface area contributed by atoms with Crippen molar-refractivity contribution in [2.45, 2.75) is 13.8 Å². The predicted octanol–water partition coefficient (Wildman–Crippen LogP) is 3.54. The van der Waals surface area contributed by atoms with Gasteiger partial charge in [-0.3, -0.25) is 9.59 Å². The third-order valence-corrected chi connectivity index (χ3v) is 3.20. The summed E-state index contributed by atoms with van der Waals surface area (Å²) in [6, 6.07) is 8.75. The van der Waals surface area contributed by atoms with Gasteiger partial charge in [-0.1, -0.05) is 12.1 Å². The minimum Gasteiger partial charge on any atom is -0.507 e. The van der Waals surface area contributed by atoms with Crippen LogP contribution in [-0.2, 0) is 4.79 Å². The van der Waals surface area contributed by atoms with Crippen LogP contribution in [0.15, 0.2) is 36.4 Å². The lowest BCUT2D eigenvalue weighted by atomic mass is 9.95. The average Bonchev–Trinajstić information content (AvgIpc) is 2.44. The Morgan fingerprint density at radius 1 is 1.14 bits per heavy atom. The number of allylic oxidation sites excluding steroid dienone is 1. The van der Waals surface area contributed by atoms with Crippen LogP contribution in [0.4, 0.5) is 0 Å². The Kier molecular flexibility index (Phi) is 4.08. The average molecular weight is 284 g/mol. The fourth-order valence-electron chi connectivity index (χ4n) is 2.27. The fourth-order valence-corrected chi connectivity index (χ4v) is 2.27. The molecule has 4 heteroatoms. The standard InChI is InChI=1S/C17H16O4/c1-10(18)8-16(20)17-14(11(2)19)6-4-12-9-13(21-3)5-7-15(12)17/h4-9,20H,1-3H3. The van der Waals surface area contributed by atoms with Gasteiger partial charge in [-0.15, -0.1) is 0 Å². The highest BCUT2D eigenvalue weighted by atomic mass is 16.5. The zero-order valence-corrected chi connectivity index (χ0v) is 12.1. The summed E-state index contributed by atoms with van der Waals surface area (Å²) in [6.45, 7) is 2.77. The Balaban J connectivity index is 2.82. The Morgan fingerprint density at radius 3 is 2.43 bits per heavy atom.